The molecule has 7 rings (SSSR count). The number of hydrogen-bond acceptors (Lipinski definition) is 1. The van der Waals surface area contributed by atoms with E-state index in [1.807, 2.05) is 0 Å². The lowest BCUT2D eigenvalue weighted by molar-refractivity contribution is 0.345. The van der Waals surface area contributed by atoms with Gasteiger partial charge in [0.15, 0.2) is 0 Å². The minimum atomic E-state index is -0.0828. The zero-order chi connectivity index (χ0) is 62.6. The molecule has 0 radical (unpaired) electrons. The lowest BCUT2D eigenvalue weighted by atomic mass is 9.65. The molecule has 2 unspecified atom stereocenters. The largest absolute Gasteiger partial charge is 0.489 e. The molecule has 0 fully saturated rings. The van der Waals surface area contributed by atoms with Crippen molar-refractivity contribution in [2.24, 2.45) is 10.8 Å². The van der Waals surface area contributed by atoms with Crippen LogP contribution in [0.5, 0.6) is 5.75 Å². The number of ether oxygens (including phenoxy) is 1. The Morgan fingerprint density at radius 2 is 0.881 bits per heavy atom. The van der Waals surface area contributed by atoms with Crippen molar-refractivity contribution in [1.29, 1.82) is 0 Å². The number of fused-ring (bicyclic) bond motifs is 1. The number of benzene rings is 5. The molecule has 1 nitrogen and oxygen atoms in total. The van der Waals surface area contributed by atoms with Gasteiger partial charge in [0, 0.05) is 24.2 Å². The Labute approximate surface area is 515 Å². The second kappa shape index (κ2) is 24.6. The summed E-state index contributed by atoms with van der Waals surface area (Å²) in [6, 6.07) is 25.4. The van der Waals surface area contributed by atoms with Crippen LogP contribution in [0.4, 0.5) is 0 Å². The average molecular weight is 1130 g/mol. The predicted octanol–water partition coefficient (Wildman–Crippen LogP) is 23.3. The molecule has 0 saturated heterocycles. The van der Waals surface area contributed by atoms with E-state index in [0.717, 1.165) is 69.1 Å². The summed E-state index contributed by atoms with van der Waals surface area (Å²) >= 11 is 0. The molecular formula is C83H116O. The van der Waals surface area contributed by atoms with Crippen LogP contribution in [0.2, 0.25) is 0 Å². The van der Waals surface area contributed by atoms with Crippen LogP contribution < -0.4 is 4.74 Å². The van der Waals surface area contributed by atoms with Gasteiger partial charge in [0.1, 0.15) is 12.4 Å². The second-order valence-electron chi connectivity index (χ2n) is 33.1. The predicted molar refractivity (Wildman–Crippen MR) is 369 cm³/mol. The Bertz CT molecular complexity index is 3360. The lowest BCUT2D eigenvalue weighted by Gasteiger charge is -2.40. The van der Waals surface area contributed by atoms with Crippen molar-refractivity contribution < 1.29 is 4.74 Å². The minimum Gasteiger partial charge on any atom is -0.489 e. The van der Waals surface area contributed by atoms with Crippen LogP contribution in [-0.4, -0.2) is 6.61 Å². The number of allylic oxidation sites excluding steroid dienone is 6. The highest BCUT2D eigenvalue weighted by molar-refractivity contribution is 5.62. The zero-order valence-corrected chi connectivity index (χ0v) is 58.5. The van der Waals surface area contributed by atoms with Gasteiger partial charge in [-0.15, -0.1) is 0 Å². The van der Waals surface area contributed by atoms with Crippen molar-refractivity contribution in [2.45, 2.75) is 277 Å². The van der Waals surface area contributed by atoms with Gasteiger partial charge in [0.05, 0.1) is 0 Å². The fourth-order valence-corrected chi connectivity index (χ4v) is 13.4. The third-order valence-electron chi connectivity index (χ3n) is 19.4. The molecular weight excluding hydrogens is 1010 g/mol. The van der Waals surface area contributed by atoms with Crippen molar-refractivity contribution in [3.8, 4) is 5.75 Å². The fraction of sp³-hybridized carbons (Fsp3) is 0.542. The number of unbranched alkanes of at least 4 members (excludes halogenated alkanes) is 1. The van der Waals surface area contributed by atoms with E-state index in [1.165, 1.54) is 101 Å². The van der Waals surface area contributed by atoms with Gasteiger partial charge in [-0.25, -0.2) is 0 Å². The van der Waals surface area contributed by atoms with E-state index in [2.05, 4.69) is 265 Å². The van der Waals surface area contributed by atoms with Crippen LogP contribution >= 0.6 is 0 Å². The van der Waals surface area contributed by atoms with Crippen LogP contribution in [0, 0.1) is 31.6 Å². The van der Waals surface area contributed by atoms with Crippen LogP contribution in [0.1, 0.15) is 303 Å². The van der Waals surface area contributed by atoms with E-state index in [-0.39, 0.29) is 37.9 Å². The third-order valence-corrected chi connectivity index (χ3v) is 19.4. The molecule has 5 aromatic carbocycles. The highest BCUT2D eigenvalue weighted by Gasteiger charge is 2.38. The first-order chi connectivity index (χ1) is 38.6. The smallest absolute Gasteiger partial charge is 0.126 e. The van der Waals surface area contributed by atoms with Gasteiger partial charge in [0.25, 0.3) is 0 Å². The molecule has 0 spiro atoms. The summed E-state index contributed by atoms with van der Waals surface area (Å²) in [5.74, 6) is 1.56. The van der Waals surface area contributed by atoms with Gasteiger partial charge in [-0.3, -0.25) is 0 Å². The van der Waals surface area contributed by atoms with Crippen LogP contribution in [0.25, 0.3) is 0 Å². The van der Waals surface area contributed by atoms with Crippen molar-refractivity contribution in [1.82, 2.24) is 0 Å². The summed E-state index contributed by atoms with van der Waals surface area (Å²) in [6.07, 6.45) is 17.5. The first kappa shape index (κ1) is 66.4. The quantitative estimate of drug-likeness (QED) is 0.0795. The summed E-state index contributed by atoms with van der Waals surface area (Å²) in [5, 5.41) is 0. The monoisotopic (exact) mass is 1130 g/mol. The molecule has 84 heavy (non-hydrogen) atoms. The van der Waals surface area contributed by atoms with Crippen LogP contribution in [0.15, 0.2) is 108 Å². The highest BCUT2D eigenvalue weighted by Crippen LogP contribution is 2.52. The van der Waals surface area contributed by atoms with Gasteiger partial charge < -0.3 is 4.74 Å². The van der Waals surface area contributed by atoms with E-state index in [9.17, 15) is 0 Å². The maximum absolute atomic E-state index is 7.17. The maximum Gasteiger partial charge on any atom is 0.126 e. The van der Waals surface area contributed by atoms with E-state index in [1.54, 1.807) is 27.8 Å². The Morgan fingerprint density at radius 3 is 1.27 bits per heavy atom. The molecule has 2 atom stereocenters. The van der Waals surface area contributed by atoms with E-state index in [0.29, 0.717) is 12.5 Å². The first-order valence-corrected chi connectivity index (χ1v) is 32.7. The van der Waals surface area contributed by atoms with E-state index >= 15 is 0 Å². The molecule has 0 bridgehead atoms. The van der Waals surface area contributed by atoms with E-state index in [4.69, 9.17) is 4.74 Å². The first-order valence-electron chi connectivity index (χ1n) is 32.7. The standard InChI is InChI=1S/C83H116O/c1-28-30-31-32-33-72-73-48-70(81(21,22)23)44-62(75(72)73)36-59-41-66(77(9,10)11)39-57(54(59)6)35-58-40-67(78(12,13)14)42-60(55(58)7)37-63-45-69(80(18,19)20)46-64(76(63)84-51-52(3)4)38-61-43-68(79(15,16)17)47-65(56(61)8)49-83(27)50-71(82(24,25)26)34-53(5)74(83)29-2/h31-32,39-48,50,72H,3,28-30,33-38,49,51H2,1-2,4-27H3. The Hall–Kier alpha value is -5.14. The molecule has 0 heterocycles. The molecule has 2 aliphatic rings. The Balaban J connectivity index is 1.37. The molecule has 1 heteroatoms. The summed E-state index contributed by atoms with van der Waals surface area (Å²) in [6.45, 7) is 66.7. The maximum atomic E-state index is 7.17. The highest BCUT2D eigenvalue weighted by atomic mass is 16.5. The summed E-state index contributed by atoms with van der Waals surface area (Å²) in [5.41, 5.74) is 32.8. The van der Waals surface area contributed by atoms with Gasteiger partial charge in [-0.05, 0) is 223 Å². The summed E-state index contributed by atoms with van der Waals surface area (Å²) in [7, 11) is 0. The zero-order valence-electron chi connectivity index (χ0n) is 58.5. The molecule has 2 aliphatic carbocycles. The van der Waals surface area contributed by atoms with E-state index < -0.39 is 0 Å². The minimum absolute atomic E-state index is 0.00105. The Morgan fingerprint density at radius 1 is 0.512 bits per heavy atom. The fourth-order valence-electron chi connectivity index (χ4n) is 13.4. The lowest BCUT2D eigenvalue weighted by Crippen LogP contribution is -2.28. The van der Waals surface area contributed by atoms with Crippen molar-refractivity contribution in [2.75, 3.05) is 6.61 Å². The van der Waals surface area contributed by atoms with Gasteiger partial charge in [-0.2, -0.15) is 0 Å². The molecule has 0 amide bonds. The van der Waals surface area contributed by atoms with Crippen molar-refractivity contribution in [3.05, 3.63) is 213 Å². The van der Waals surface area contributed by atoms with Crippen molar-refractivity contribution in [3.63, 3.8) is 0 Å². The number of hydrogen-bond donors (Lipinski definition) is 0. The third kappa shape index (κ3) is 15.3. The van der Waals surface area contributed by atoms with Gasteiger partial charge in [-0.1, -0.05) is 254 Å². The normalized spacial score (nSPS) is 17.1. The average Bonchev–Trinajstić information content (AvgIpc) is 3.36. The topological polar surface area (TPSA) is 9.23 Å². The molecule has 0 aromatic heterocycles. The van der Waals surface area contributed by atoms with Gasteiger partial charge >= 0.3 is 0 Å². The van der Waals surface area contributed by atoms with Crippen LogP contribution in [0.3, 0.4) is 0 Å². The molecule has 5 aromatic rings. The Kier molecular flexibility index (Phi) is 19.4. The molecule has 0 saturated carbocycles. The van der Waals surface area contributed by atoms with Crippen LogP contribution in [-0.2, 0) is 59.2 Å². The SMILES string of the molecule is C=C(C)COc1c(Cc2cc(C(C)(C)C)cc(Cc3cc(C(C)(C)C)cc(Cc4cc(C(C)(C)C)cc5c4C5CC=CCCC)c3C)c2C)cc(C(C)(C)C)cc1Cc1cc(C(C)(C)C)cc(CC2(C)C=C(C(C)(C)C)CC(C)=C2CC)c1C. The summed E-state index contributed by atoms with van der Waals surface area (Å²) in [4.78, 5) is 0. The molecule has 454 valence electrons. The molecule has 0 aliphatic heterocycles. The molecule has 0 N–H and O–H groups in total. The van der Waals surface area contributed by atoms with Crippen molar-refractivity contribution >= 4 is 0 Å². The number of rotatable bonds is 18. The van der Waals surface area contributed by atoms with Gasteiger partial charge in [0.2, 0.25) is 0 Å². The second-order valence-corrected chi connectivity index (χ2v) is 33.1. The summed E-state index contributed by atoms with van der Waals surface area (Å²) < 4.78 is 7.17.